The van der Waals surface area contributed by atoms with Crippen molar-refractivity contribution in [1.29, 1.82) is 0 Å². The maximum atomic E-state index is 12.0. The molecule has 0 N–H and O–H groups in total. The normalized spacial score (nSPS) is 14.6. The lowest BCUT2D eigenvalue weighted by Gasteiger charge is -2.18. The fourth-order valence-corrected chi connectivity index (χ4v) is 3.77. The highest BCUT2D eigenvalue weighted by molar-refractivity contribution is 7.54. The molecule has 0 aromatic rings. The zero-order valence-corrected chi connectivity index (χ0v) is 13.5. The number of allylic oxidation sites excluding steroid dienone is 2. The molecule has 18 heavy (non-hydrogen) atoms. The SMILES string of the molecule is COP(=O)(C/C(C)=C(\C)CP(=O)(OC)OC)OC. The van der Waals surface area contributed by atoms with Gasteiger partial charge in [0.1, 0.15) is 0 Å². The first-order valence-electron chi connectivity index (χ1n) is 5.32. The second kappa shape index (κ2) is 7.59. The van der Waals surface area contributed by atoms with Gasteiger partial charge in [-0.1, -0.05) is 11.1 Å². The average Bonchev–Trinajstić information content (AvgIpc) is 2.38. The van der Waals surface area contributed by atoms with Crippen molar-refractivity contribution < 1.29 is 27.2 Å². The van der Waals surface area contributed by atoms with Crippen LogP contribution in [0, 0.1) is 0 Å². The van der Waals surface area contributed by atoms with Crippen molar-refractivity contribution in [2.45, 2.75) is 13.8 Å². The lowest BCUT2D eigenvalue weighted by Crippen LogP contribution is -2.02. The molecule has 0 amide bonds. The van der Waals surface area contributed by atoms with Gasteiger partial charge in [-0.25, -0.2) is 0 Å². The second-order valence-electron chi connectivity index (χ2n) is 3.83. The summed E-state index contributed by atoms with van der Waals surface area (Å²) >= 11 is 0. The predicted octanol–water partition coefficient (Wildman–Crippen LogP) is 3.29. The third-order valence-electron chi connectivity index (χ3n) is 2.70. The topological polar surface area (TPSA) is 71.1 Å². The maximum absolute atomic E-state index is 12.0. The Labute approximate surface area is 109 Å². The number of hydrogen-bond acceptors (Lipinski definition) is 6. The van der Waals surface area contributed by atoms with Crippen molar-refractivity contribution in [2.24, 2.45) is 0 Å². The molecule has 0 rings (SSSR count). The molecule has 6 nitrogen and oxygen atoms in total. The van der Waals surface area contributed by atoms with Crippen molar-refractivity contribution in [3.8, 4) is 0 Å². The summed E-state index contributed by atoms with van der Waals surface area (Å²) in [5.74, 6) is 0. The van der Waals surface area contributed by atoms with Gasteiger partial charge in [0.15, 0.2) is 0 Å². The summed E-state index contributed by atoms with van der Waals surface area (Å²) in [5.41, 5.74) is 1.58. The summed E-state index contributed by atoms with van der Waals surface area (Å²) in [7, 11) is -0.864. The van der Waals surface area contributed by atoms with Crippen LogP contribution in [0.1, 0.15) is 13.8 Å². The van der Waals surface area contributed by atoms with Gasteiger partial charge in [0.05, 0.1) is 12.3 Å². The zero-order chi connectivity index (χ0) is 14.4. The molecule has 0 aromatic carbocycles. The molecule has 0 unspecified atom stereocenters. The van der Waals surface area contributed by atoms with Crippen molar-refractivity contribution in [3.63, 3.8) is 0 Å². The Bertz CT molecular complexity index is 338. The van der Waals surface area contributed by atoms with Crippen LogP contribution in [0.3, 0.4) is 0 Å². The fraction of sp³-hybridized carbons (Fsp3) is 0.800. The molecule has 0 heterocycles. The summed E-state index contributed by atoms with van der Waals surface area (Å²) in [5, 5.41) is 0. The molecule has 0 saturated carbocycles. The Kier molecular flexibility index (Phi) is 7.60. The lowest BCUT2D eigenvalue weighted by atomic mass is 10.2. The van der Waals surface area contributed by atoms with E-state index in [0.717, 1.165) is 11.1 Å². The van der Waals surface area contributed by atoms with Crippen LogP contribution in [0.15, 0.2) is 11.1 Å². The van der Waals surface area contributed by atoms with Gasteiger partial charge in [0.2, 0.25) is 0 Å². The van der Waals surface area contributed by atoms with Crippen molar-refractivity contribution >= 4 is 15.2 Å². The largest absolute Gasteiger partial charge is 0.334 e. The Morgan fingerprint density at radius 3 is 1.11 bits per heavy atom. The molecule has 0 fully saturated rings. The van der Waals surface area contributed by atoms with Crippen LogP contribution in [-0.4, -0.2) is 40.8 Å². The molecular formula is C10H22O6P2. The highest BCUT2D eigenvalue weighted by atomic mass is 31.2. The van der Waals surface area contributed by atoms with E-state index < -0.39 is 15.2 Å². The molecule has 0 aliphatic carbocycles. The summed E-state index contributed by atoms with van der Waals surface area (Å²) < 4.78 is 43.4. The van der Waals surface area contributed by atoms with Crippen LogP contribution in [0.4, 0.5) is 0 Å². The molecule has 0 aliphatic heterocycles. The zero-order valence-electron chi connectivity index (χ0n) is 11.8. The van der Waals surface area contributed by atoms with Crippen LogP contribution in [0.25, 0.3) is 0 Å². The van der Waals surface area contributed by atoms with Gasteiger partial charge in [0.25, 0.3) is 0 Å². The highest BCUT2D eigenvalue weighted by Gasteiger charge is 2.26. The average molecular weight is 300 g/mol. The predicted molar refractivity (Wildman–Crippen MR) is 71.4 cm³/mol. The van der Waals surface area contributed by atoms with E-state index in [9.17, 15) is 9.13 Å². The molecular weight excluding hydrogens is 278 g/mol. The van der Waals surface area contributed by atoms with Gasteiger partial charge in [-0.05, 0) is 13.8 Å². The van der Waals surface area contributed by atoms with E-state index in [1.807, 2.05) is 0 Å². The summed E-state index contributed by atoms with van der Waals surface area (Å²) in [6.45, 7) is 3.57. The molecule has 0 bridgehead atoms. The Hall–Kier alpha value is 0.0400. The number of rotatable bonds is 8. The van der Waals surface area contributed by atoms with E-state index in [-0.39, 0.29) is 12.3 Å². The summed E-state index contributed by atoms with van der Waals surface area (Å²) in [4.78, 5) is 0. The minimum atomic E-state index is -3.10. The molecule has 0 atom stereocenters. The standard InChI is InChI=1S/C10H22O6P2/c1-9(7-17(11,13-3)14-4)10(2)8-18(12,15-5)16-6/h7-8H2,1-6H3/b10-9+. The van der Waals surface area contributed by atoms with Crippen molar-refractivity contribution in [1.82, 2.24) is 0 Å². The molecule has 0 aliphatic rings. The minimum absolute atomic E-state index is 0.152. The minimum Gasteiger partial charge on any atom is -0.312 e. The van der Waals surface area contributed by atoms with Crippen LogP contribution < -0.4 is 0 Å². The third-order valence-corrected chi connectivity index (χ3v) is 6.65. The van der Waals surface area contributed by atoms with Gasteiger partial charge in [-0.2, -0.15) is 0 Å². The molecule has 0 aromatic heterocycles. The van der Waals surface area contributed by atoms with Crippen molar-refractivity contribution in [3.05, 3.63) is 11.1 Å². The van der Waals surface area contributed by atoms with Gasteiger partial charge < -0.3 is 18.1 Å². The Balaban J connectivity index is 4.93. The van der Waals surface area contributed by atoms with Crippen LogP contribution >= 0.6 is 15.2 Å². The molecule has 8 heteroatoms. The van der Waals surface area contributed by atoms with Crippen LogP contribution in [0.2, 0.25) is 0 Å². The van der Waals surface area contributed by atoms with Gasteiger partial charge in [-0.15, -0.1) is 0 Å². The van der Waals surface area contributed by atoms with E-state index in [1.54, 1.807) is 13.8 Å². The van der Waals surface area contributed by atoms with E-state index in [2.05, 4.69) is 0 Å². The molecule has 0 radical (unpaired) electrons. The first-order valence-corrected chi connectivity index (χ1v) is 8.77. The monoisotopic (exact) mass is 300 g/mol. The van der Waals surface area contributed by atoms with E-state index in [4.69, 9.17) is 18.1 Å². The number of hydrogen-bond donors (Lipinski definition) is 0. The Morgan fingerprint density at radius 1 is 0.722 bits per heavy atom. The smallest absolute Gasteiger partial charge is 0.312 e. The second-order valence-corrected chi connectivity index (χ2v) is 8.37. The molecule has 108 valence electrons. The first kappa shape index (κ1) is 18.0. The van der Waals surface area contributed by atoms with E-state index >= 15 is 0 Å². The molecule has 0 saturated heterocycles. The highest BCUT2D eigenvalue weighted by Crippen LogP contribution is 2.51. The Morgan fingerprint density at radius 2 is 0.944 bits per heavy atom. The molecule has 0 spiro atoms. The van der Waals surface area contributed by atoms with Crippen LogP contribution in [-0.2, 0) is 27.2 Å². The van der Waals surface area contributed by atoms with Crippen molar-refractivity contribution in [2.75, 3.05) is 40.8 Å². The van der Waals surface area contributed by atoms with E-state index in [1.165, 1.54) is 28.4 Å². The van der Waals surface area contributed by atoms with Gasteiger partial charge >= 0.3 is 15.2 Å². The maximum Gasteiger partial charge on any atom is 0.334 e. The van der Waals surface area contributed by atoms with Gasteiger partial charge in [-0.3, -0.25) is 9.13 Å². The summed E-state index contributed by atoms with van der Waals surface area (Å²) in [6, 6.07) is 0. The first-order chi connectivity index (χ1) is 8.25. The fourth-order valence-electron chi connectivity index (χ4n) is 1.26. The summed E-state index contributed by atoms with van der Waals surface area (Å²) in [6.07, 6.45) is 0.304. The van der Waals surface area contributed by atoms with E-state index in [0.29, 0.717) is 0 Å². The quantitative estimate of drug-likeness (QED) is 0.506. The van der Waals surface area contributed by atoms with Crippen LogP contribution in [0.5, 0.6) is 0 Å². The van der Waals surface area contributed by atoms with Gasteiger partial charge in [0, 0.05) is 28.4 Å². The third kappa shape index (κ3) is 5.35. The lowest BCUT2D eigenvalue weighted by molar-refractivity contribution is 0.276.